The molecular formula is C28H29NO8S. The summed E-state index contributed by atoms with van der Waals surface area (Å²) in [6.45, 7) is 1.93. The van der Waals surface area contributed by atoms with E-state index in [4.69, 9.17) is 18.9 Å². The van der Waals surface area contributed by atoms with Crippen LogP contribution in [0.4, 0.5) is 4.79 Å². The van der Waals surface area contributed by atoms with E-state index in [2.05, 4.69) is 0 Å². The smallest absolute Gasteiger partial charge is 0.411 e. The van der Waals surface area contributed by atoms with Gasteiger partial charge in [-0.25, -0.2) is 13.2 Å². The molecule has 2 atom stereocenters. The summed E-state index contributed by atoms with van der Waals surface area (Å²) in [5, 5.41) is 0. The highest BCUT2D eigenvalue weighted by molar-refractivity contribution is 7.90. The number of amides is 1. The van der Waals surface area contributed by atoms with E-state index in [0.717, 1.165) is 11.8 Å². The first-order chi connectivity index (χ1) is 18.1. The van der Waals surface area contributed by atoms with Crippen molar-refractivity contribution in [3.05, 3.63) is 83.4 Å². The predicted molar refractivity (Wildman–Crippen MR) is 139 cm³/mol. The number of sulfone groups is 1. The number of methoxy groups -OCH3 is 2. The second-order valence-electron chi connectivity index (χ2n) is 8.97. The highest BCUT2D eigenvalue weighted by Gasteiger charge is 2.40. The molecule has 9 nitrogen and oxygen atoms in total. The molecule has 0 saturated carbocycles. The van der Waals surface area contributed by atoms with Crippen LogP contribution >= 0.6 is 0 Å². The van der Waals surface area contributed by atoms with E-state index in [1.165, 1.54) is 31.3 Å². The van der Waals surface area contributed by atoms with Gasteiger partial charge in [-0.15, -0.1) is 0 Å². The Morgan fingerprint density at radius 3 is 2.34 bits per heavy atom. The lowest BCUT2D eigenvalue weighted by atomic mass is 10.0. The summed E-state index contributed by atoms with van der Waals surface area (Å²) in [5.74, 6) is 0.652. The maximum atomic E-state index is 12.9. The average Bonchev–Trinajstić information content (AvgIpc) is 3.18. The molecule has 0 spiro atoms. The van der Waals surface area contributed by atoms with Gasteiger partial charge < -0.3 is 18.9 Å². The summed E-state index contributed by atoms with van der Waals surface area (Å²) in [4.78, 5) is 26.3. The Hall–Kier alpha value is -4.05. The van der Waals surface area contributed by atoms with Gasteiger partial charge in [0, 0.05) is 11.8 Å². The average molecular weight is 540 g/mol. The Morgan fingerprint density at radius 1 is 0.974 bits per heavy atom. The second kappa shape index (κ2) is 11.1. The Kier molecular flexibility index (Phi) is 7.91. The van der Waals surface area contributed by atoms with Crippen molar-refractivity contribution in [2.45, 2.75) is 36.9 Å². The van der Waals surface area contributed by atoms with Gasteiger partial charge in [0.25, 0.3) is 0 Å². The van der Waals surface area contributed by atoms with E-state index in [1.807, 2.05) is 37.3 Å². The van der Waals surface area contributed by atoms with Crippen molar-refractivity contribution < 1.29 is 37.0 Å². The van der Waals surface area contributed by atoms with Crippen molar-refractivity contribution in [3.63, 3.8) is 0 Å². The van der Waals surface area contributed by atoms with Gasteiger partial charge in [0.05, 0.1) is 38.1 Å². The fourth-order valence-corrected chi connectivity index (χ4v) is 4.94. The Bertz CT molecular complexity index is 1440. The van der Waals surface area contributed by atoms with Crippen molar-refractivity contribution in [1.82, 2.24) is 4.90 Å². The van der Waals surface area contributed by atoms with Gasteiger partial charge in [0.2, 0.25) is 0 Å². The van der Waals surface area contributed by atoms with E-state index in [9.17, 15) is 18.0 Å². The molecule has 0 aromatic heterocycles. The molecule has 0 N–H and O–H groups in total. The number of benzene rings is 3. The molecule has 1 saturated heterocycles. The quantitative estimate of drug-likeness (QED) is 0.361. The van der Waals surface area contributed by atoms with Crippen LogP contribution in [0, 0.1) is 0 Å². The van der Waals surface area contributed by atoms with Crippen molar-refractivity contribution in [3.8, 4) is 17.2 Å². The lowest BCUT2D eigenvalue weighted by Gasteiger charge is -2.23. The van der Waals surface area contributed by atoms with Gasteiger partial charge in [-0.3, -0.25) is 9.69 Å². The van der Waals surface area contributed by atoms with Gasteiger partial charge in [-0.2, -0.15) is 0 Å². The fourth-order valence-electron chi connectivity index (χ4n) is 4.26. The molecule has 200 valence electrons. The number of carbonyl (C=O) groups is 2. The second-order valence-corrected chi connectivity index (χ2v) is 11.0. The molecule has 3 aromatic carbocycles. The number of rotatable bonds is 9. The minimum absolute atomic E-state index is 0.0364. The molecule has 3 aromatic rings. The van der Waals surface area contributed by atoms with Crippen LogP contribution in [0.2, 0.25) is 0 Å². The van der Waals surface area contributed by atoms with Crippen LogP contribution in [-0.2, 0) is 37.1 Å². The zero-order chi connectivity index (χ0) is 27.4. The third kappa shape index (κ3) is 5.91. The van der Waals surface area contributed by atoms with Crippen LogP contribution in [0.15, 0.2) is 71.6 Å². The summed E-state index contributed by atoms with van der Waals surface area (Å²) in [6.07, 6.45) is 0.166. The van der Waals surface area contributed by atoms with Crippen molar-refractivity contribution in [2.24, 2.45) is 0 Å². The molecule has 1 amide bonds. The first-order valence-corrected chi connectivity index (χ1v) is 13.8. The number of nitrogens with zero attached hydrogens (tertiary/aromatic N) is 1. The molecule has 0 aliphatic carbocycles. The summed E-state index contributed by atoms with van der Waals surface area (Å²) in [5.41, 5.74) is 1.97. The van der Waals surface area contributed by atoms with Crippen LogP contribution in [0.1, 0.15) is 29.7 Å². The molecular weight excluding hydrogens is 510 g/mol. The third-order valence-corrected chi connectivity index (χ3v) is 7.46. The van der Waals surface area contributed by atoms with Crippen molar-refractivity contribution in [1.29, 1.82) is 0 Å². The molecule has 1 fully saturated rings. The number of hydrogen-bond donors (Lipinski definition) is 0. The van der Waals surface area contributed by atoms with Crippen LogP contribution < -0.4 is 9.47 Å². The van der Waals surface area contributed by atoms with Crippen molar-refractivity contribution in [2.75, 3.05) is 20.5 Å². The normalized spacial score (nSPS) is 17.2. The number of carbonyl (C=O) groups excluding carboxylic acids is 2. The first kappa shape index (κ1) is 27.0. The topological polar surface area (TPSA) is 108 Å². The molecule has 1 aliphatic rings. The van der Waals surface area contributed by atoms with Gasteiger partial charge in [0.1, 0.15) is 11.9 Å². The highest BCUT2D eigenvalue weighted by Crippen LogP contribution is 2.38. The molecule has 0 unspecified atom stereocenters. The van der Waals surface area contributed by atoms with Crippen LogP contribution in [0.5, 0.6) is 17.2 Å². The van der Waals surface area contributed by atoms with E-state index >= 15 is 0 Å². The highest BCUT2D eigenvalue weighted by atomic mass is 32.2. The number of hydrogen-bond acceptors (Lipinski definition) is 8. The van der Waals surface area contributed by atoms with E-state index in [0.29, 0.717) is 28.4 Å². The van der Waals surface area contributed by atoms with Crippen LogP contribution in [0.25, 0.3) is 0 Å². The molecule has 4 rings (SSSR count). The zero-order valence-corrected chi connectivity index (χ0v) is 22.4. The Balaban J connectivity index is 1.69. The number of ether oxygens (including phenoxy) is 4. The lowest BCUT2D eigenvalue weighted by Crippen LogP contribution is -2.31. The molecule has 38 heavy (non-hydrogen) atoms. The molecule has 0 bridgehead atoms. The minimum atomic E-state index is -3.53. The van der Waals surface area contributed by atoms with Gasteiger partial charge in [0.15, 0.2) is 21.3 Å². The van der Waals surface area contributed by atoms with Crippen LogP contribution in [0.3, 0.4) is 0 Å². The summed E-state index contributed by atoms with van der Waals surface area (Å²) in [6, 6.07) is 18.6. The molecule has 10 heteroatoms. The monoisotopic (exact) mass is 539 g/mol. The summed E-state index contributed by atoms with van der Waals surface area (Å²) in [7, 11) is -0.733. The minimum Gasteiger partial charge on any atom is -0.493 e. The fraction of sp³-hybridized carbons (Fsp3) is 0.286. The van der Waals surface area contributed by atoms with Gasteiger partial charge in [-0.05, 0) is 48.4 Å². The van der Waals surface area contributed by atoms with Gasteiger partial charge in [-0.1, -0.05) is 36.4 Å². The predicted octanol–water partition coefficient (Wildman–Crippen LogP) is 4.69. The maximum absolute atomic E-state index is 12.9. The standard InChI is InChI=1S/C28H29NO8S/c1-18-27(20-8-6-5-7-9-20)37-28(31)29(18)17-21-16-22(38(4,32)33)11-13-23(21)36-25-14-19(15-26(30)35-3)10-12-24(25)34-2/h5-14,16,18,27H,15,17H2,1-4H3/t18-,27-/m0/s1. The van der Waals surface area contributed by atoms with Crippen LogP contribution in [-0.4, -0.2) is 51.9 Å². The first-order valence-electron chi connectivity index (χ1n) is 11.9. The summed E-state index contributed by atoms with van der Waals surface area (Å²) >= 11 is 0. The van der Waals surface area contributed by atoms with E-state index < -0.39 is 28.0 Å². The molecule has 1 heterocycles. The summed E-state index contributed by atoms with van der Waals surface area (Å²) < 4.78 is 46.7. The Labute approximate surface area is 221 Å². The molecule has 1 aliphatic heterocycles. The van der Waals surface area contributed by atoms with E-state index in [1.54, 1.807) is 24.3 Å². The van der Waals surface area contributed by atoms with Crippen molar-refractivity contribution >= 4 is 21.9 Å². The van der Waals surface area contributed by atoms with Gasteiger partial charge >= 0.3 is 12.1 Å². The Morgan fingerprint density at radius 2 is 1.68 bits per heavy atom. The number of cyclic esters (lactones) is 1. The maximum Gasteiger partial charge on any atom is 0.411 e. The lowest BCUT2D eigenvalue weighted by molar-refractivity contribution is -0.139. The number of esters is 1. The molecule has 0 radical (unpaired) electrons. The van der Waals surface area contributed by atoms with E-state index in [-0.39, 0.29) is 23.9 Å². The third-order valence-electron chi connectivity index (χ3n) is 6.35. The zero-order valence-electron chi connectivity index (χ0n) is 21.5. The SMILES string of the molecule is COC(=O)Cc1ccc(OC)c(Oc2ccc(S(C)(=O)=O)cc2CN2C(=O)O[C@H](c3ccccc3)[C@@H]2C)c1. The largest absolute Gasteiger partial charge is 0.493 e.